The Kier molecular flexibility index (Phi) is 3.29. The minimum Gasteiger partial charge on any atom is -0.325 e. The first-order chi connectivity index (χ1) is 8.29. The first-order valence-corrected chi connectivity index (χ1v) is 5.22. The van der Waals surface area contributed by atoms with Gasteiger partial charge in [0.1, 0.15) is 0 Å². The average Bonchev–Trinajstić information content (AvgIpc) is 2.68. The van der Waals surface area contributed by atoms with E-state index in [0.717, 1.165) is 16.8 Å². The Labute approximate surface area is 98.5 Å². The minimum atomic E-state index is 0.0217. The van der Waals surface area contributed by atoms with Gasteiger partial charge >= 0.3 is 0 Å². The van der Waals surface area contributed by atoms with E-state index in [-0.39, 0.29) is 5.91 Å². The lowest BCUT2D eigenvalue weighted by Gasteiger charge is -1.97. The average molecular weight is 226 g/mol. The lowest BCUT2D eigenvalue weighted by molar-refractivity contribution is -0.115. The molecule has 0 unspecified atom stereocenters. The third kappa shape index (κ3) is 2.77. The summed E-state index contributed by atoms with van der Waals surface area (Å²) in [6, 6.07) is 5.66. The number of hydrogen-bond acceptors (Lipinski definition) is 2. The van der Waals surface area contributed by atoms with Crippen LogP contribution in [0.15, 0.2) is 23.3 Å². The van der Waals surface area contributed by atoms with Gasteiger partial charge in [0.05, 0.1) is 6.42 Å². The van der Waals surface area contributed by atoms with Crippen molar-refractivity contribution in [3.8, 4) is 11.8 Å². The highest BCUT2D eigenvalue weighted by atomic mass is 16.1. The molecule has 84 valence electrons. The normalized spacial score (nSPS) is 11.9. The van der Waals surface area contributed by atoms with E-state index in [0.29, 0.717) is 19.4 Å². The summed E-state index contributed by atoms with van der Waals surface area (Å²) in [5, 5.41) is 6.17. The van der Waals surface area contributed by atoms with Crippen molar-refractivity contribution in [1.29, 1.82) is 0 Å². The molecule has 1 aliphatic heterocycles. The quantitative estimate of drug-likeness (QED) is 0.271. The number of carbonyl (C=O) groups is 1. The predicted molar refractivity (Wildman–Crippen MR) is 64.3 cm³/mol. The Morgan fingerprint density at radius 3 is 3.24 bits per heavy atom. The molecule has 0 saturated carbocycles. The van der Waals surface area contributed by atoms with Crippen molar-refractivity contribution in [1.82, 2.24) is 0 Å². The van der Waals surface area contributed by atoms with Crippen molar-refractivity contribution < 1.29 is 4.79 Å². The molecule has 1 aromatic carbocycles. The fraction of sp³-hybridized carbons (Fsp3) is 0.250. The summed E-state index contributed by atoms with van der Waals surface area (Å²) in [7, 11) is 0. The predicted octanol–water partition coefficient (Wildman–Crippen LogP) is 2.23. The van der Waals surface area contributed by atoms with Gasteiger partial charge in [-0.2, -0.15) is 0 Å². The van der Waals surface area contributed by atoms with Gasteiger partial charge in [-0.1, -0.05) is 23.0 Å². The van der Waals surface area contributed by atoms with Crippen LogP contribution >= 0.6 is 0 Å². The summed E-state index contributed by atoms with van der Waals surface area (Å²) in [5.41, 5.74) is 10.8. The molecule has 5 heteroatoms. The van der Waals surface area contributed by atoms with Crippen molar-refractivity contribution in [2.24, 2.45) is 5.11 Å². The Morgan fingerprint density at radius 2 is 2.41 bits per heavy atom. The van der Waals surface area contributed by atoms with Crippen molar-refractivity contribution in [3.63, 3.8) is 0 Å². The van der Waals surface area contributed by atoms with Gasteiger partial charge in [-0.25, -0.2) is 0 Å². The number of hydrogen-bond donors (Lipinski definition) is 1. The number of nitrogens with zero attached hydrogens (tertiary/aromatic N) is 3. The number of rotatable bonds is 2. The molecule has 0 fully saturated rings. The summed E-state index contributed by atoms with van der Waals surface area (Å²) in [6.45, 7) is 0.380. The molecular formula is C12H10N4O. The maximum absolute atomic E-state index is 11.1. The molecular weight excluding hydrogens is 216 g/mol. The number of fused-ring (bicyclic) bond motifs is 1. The van der Waals surface area contributed by atoms with Crippen LogP contribution in [-0.4, -0.2) is 12.5 Å². The standard InChI is InChI=1S/C12H10N4O/c13-16-14-6-2-1-3-9-4-5-10-8-12(17)15-11(10)7-9/h4-5,7H,2,6,8H2,(H,15,17). The second-order valence-electron chi connectivity index (χ2n) is 3.60. The van der Waals surface area contributed by atoms with Crippen molar-refractivity contribution in [2.75, 3.05) is 11.9 Å². The molecule has 0 atom stereocenters. The lowest BCUT2D eigenvalue weighted by Crippen LogP contribution is -2.03. The van der Waals surface area contributed by atoms with Crippen molar-refractivity contribution in [3.05, 3.63) is 39.8 Å². The second kappa shape index (κ2) is 5.06. The van der Waals surface area contributed by atoms with Gasteiger partial charge in [-0.3, -0.25) is 4.79 Å². The SMILES string of the molecule is [N-]=[N+]=NCCC#Cc1ccc2c(c1)NC(=O)C2. The van der Waals surface area contributed by atoms with Crippen LogP contribution in [0.1, 0.15) is 17.5 Å². The third-order valence-electron chi connectivity index (χ3n) is 2.37. The van der Waals surface area contributed by atoms with E-state index >= 15 is 0 Å². The van der Waals surface area contributed by atoms with E-state index < -0.39 is 0 Å². The Balaban J connectivity index is 2.06. The van der Waals surface area contributed by atoms with Crippen LogP contribution in [-0.2, 0) is 11.2 Å². The van der Waals surface area contributed by atoms with Crippen LogP contribution in [0.4, 0.5) is 5.69 Å². The molecule has 0 radical (unpaired) electrons. The lowest BCUT2D eigenvalue weighted by atomic mass is 10.1. The molecule has 1 heterocycles. The zero-order valence-electron chi connectivity index (χ0n) is 9.10. The highest BCUT2D eigenvalue weighted by Gasteiger charge is 2.16. The van der Waals surface area contributed by atoms with E-state index in [1.807, 2.05) is 18.2 Å². The van der Waals surface area contributed by atoms with E-state index in [4.69, 9.17) is 5.53 Å². The van der Waals surface area contributed by atoms with Gasteiger partial charge in [0, 0.05) is 29.1 Å². The van der Waals surface area contributed by atoms with Crippen molar-refractivity contribution in [2.45, 2.75) is 12.8 Å². The Morgan fingerprint density at radius 1 is 1.53 bits per heavy atom. The summed E-state index contributed by atoms with van der Waals surface area (Å²) in [5.74, 6) is 5.90. The molecule has 1 N–H and O–H groups in total. The summed E-state index contributed by atoms with van der Waals surface area (Å²) < 4.78 is 0. The monoisotopic (exact) mass is 226 g/mol. The smallest absolute Gasteiger partial charge is 0.228 e. The number of benzene rings is 1. The minimum absolute atomic E-state index is 0.0217. The number of azide groups is 1. The van der Waals surface area contributed by atoms with Crippen LogP contribution in [0, 0.1) is 11.8 Å². The zero-order chi connectivity index (χ0) is 12.1. The van der Waals surface area contributed by atoms with Crippen LogP contribution in [0.3, 0.4) is 0 Å². The van der Waals surface area contributed by atoms with E-state index in [2.05, 4.69) is 27.2 Å². The summed E-state index contributed by atoms with van der Waals surface area (Å²) in [6.07, 6.45) is 0.980. The number of nitrogens with one attached hydrogen (secondary N) is 1. The highest BCUT2D eigenvalue weighted by Crippen LogP contribution is 2.23. The van der Waals surface area contributed by atoms with Crippen LogP contribution in [0.2, 0.25) is 0 Å². The molecule has 0 saturated heterocycles. The molecule has 0 bridgehead atoms. The molecule has 5 nitrogen and oxygen atoms in total. The van der Waals surface area contributed by atoms with Crippen LogP contribution in [0.25, 0.3) is 10.4 Å². The molecule has 17 heavy (non-hydrogen) atoms. The Hall–Kier alpha value is -2.44. The largest absolute Gasteiger partial charge is 0.325 e. The van der Waals surface area contributed by atoms with Gasteiger partial charge in [0.25, 0.3) is 0 Å². The van der Waals surface area contributed by atoms with Gasteiger partial charge in [0.2, 0.25) is 5.91 Å². The van der Waals surface area contributed by atoms with Crippen LogP contribution in [0.5, 0.6) is 0 Å². The summed E-state index contributed by atoms with van der Waals surface area (Å²) in [4.78, 5) is 13.8. The fourth-order valence-electron chi connectivity index (χ4n) is 1.61. The van der Waals surface area contributed by atoms with Crippen molar-refractivity contribution >= 4 is 11.6 Å². The first kappa shape index (κ1) is 11.1. The molecule has 1 amide bonds. The molecule has 1 aromatic rings. The van der Waals surface area contributed by atoms with E-state index in [9.17, 15) is 4.79 Å². The molecule has 1 aliphatic rings. The highest BCUT2D eigenvalue weighted by molar-refractivity contribution is 5.99. The molecule has 2 rings (SSSR count). The molecule has 0 aromatic heterocycles. The second-order valence-corrected chi connectivity index (χ2v) is 3.60. The van der Waals surface area contributed by atoms with Crippen LogP contribution < -0.4 is 5.32 Å². The molecule has 0 aliphatic carbocycles. The maximum atomic E-state index is 11.1. The molecule has 0 spiro atoms. The fourth-order valence-corrected chi connectivity index (χ4v) is 1.61. The van der Waals surface area contributed by atoms with Gasteiger partial charge in [0.15, 0.2) is 0 Å². The Bertz CT molecular complexity index is 562. The summed E-state index contributed by atoms with van der Waals surface area (Å²) >= 11 is 0. The van der Waals surface area contributed by atoms with Gasteiger partial charge in [-0.15, -0.1) is 0 Å². The topological polar surface area (TPSA) is 77.9 Å². The number of amides is 1. The third-order valence-corrected chi connectivity index (χ3v) is 2.37. The number of anilines is 1. The first-order valence-electron chi connectivity index (χ1n) is 5.22. The maximum Gasteiger partial charge on any atom is 0.228 e. The van der Waals surface area contributed by atoms with Gasteiger partial charge in [-0.05, 0) is 23.2 Å². The zero-order valence-corrected chi connectivity index (χ0v) is 9.10. The number of carbonyl (C=O) groups excluding carboxylic acids is 1. The van der Waals surface area contributed by atoms with Gasteiger partial charge < -0.3 is 5.32 Å². The van der Waals surface area contributed by atoms with E-state index in [1.54, 1.807) is 0 Å². The van der Waals surface area contributed by atoms with E-state index in [1.165, 1.54) is 0 Å².